The van der Waals surface area contributed by atoms with E-state index in [0.29, 0.717) is 29.7 Å². The second kappa shape index (κ2) is 8.02. The van der Waals surface area contributed by atoms with Crippen LogP contribution in [0.25, 0.3) is 0 Å². The number of carbonyl (C=O) groups is 1. The molecule has 3 heterocycles. The van der Waals surface area contributed by atoms with Crippen molar-refractivity contribution in [3.05, 3.63) is 36.4 Å². The summed E-state index contributed by atoms with van der Waals surface area (Å²) in [6.45, 7) is 5.35. The van der Waals surface area contributed by atoms with Gasteiger partial charge in [-0.2, -0.15) is 13.2 Å². The molecule has 0 aromatic carbocycles. The Morgan fingerprint density at radius 1 is 1.25 bits per heavy atom. The number of hydrogen-bond donors (Lipinski definition) is 1. The Labute approximate surface area is 164 Å². The van der Waals surface area contributed by atoms with Gasteiger partial charge in [0.05, 0.1) is 0 Å². The molecular weight excluding hydrogens is 393 g/mol. The molecule has 0 saturated carbocycles. The number of nitrogens with zero attached hydrogens (tertiary/aromatic N) is 3. The first-order valence-electron chi connectivity index (χ1n) is 8.84. The van der Waals surface area contributed by atoms with E-state index in [1.54, 1.807) is 11.0 Å². The third kappa shape index (κ3) is 4.98. The second-order valence-electron chi connectivity index (χ2n) is 7.16. The lowest BCUT2D eigenvalue weighted by Crippen LogP contribution is -2.44. The standard InChI is InChI=1S/C18H21F3N4O2S/c1-17(2,28-13-3-4-14(22-11-13)18(19,20)21)12-5-8-25(9-6-12)16(26)23-15-7-10-27-24-15/h3-4,7,10-12H,5-6,8-9H2,1-2H3,(H,23,24,26). The van der Waals surface area contributed by atoms with Gasteiger partial charge in [0.2, 0.25) is 0 Å². The Balaban J connectivity index is 1.54. The number of anilines is 1. The molecule has 1 saturated heterocycles. The van der Waals surface area contributed by atoms with Gasteiger partial charge in [0, 0.05) is 35.0 Å². The van der Waals surface area contributed by atoms with Gasteiger partial charge in [-0.3, -0.25) is 10.3 Å². The van der Waals surface area contributed by atoms with E-state index in [2.05, 4.69) is 29.3 Å². The first-order chi connectivity index (χ1) is 13.1. The molecule has 0 bridgehead atoms. The minimum Gasteiger partial charge on any atom is -0.363 e. The summed E-state index contributed by atoms with van der Waals surface area (Å²) in [5.74, 6) is 0.689. The highest BCUT2D eigenvalue weighted by Gasteiger charge is 2.36. The molecular formula is C18H21F3N4O2S. The van der Waals surface area contributed by atoms with Crippen molar-refractivity contribution >= 4 is 23.6 Å². The lowest BCUT2D eigenvalue weighted by Gasteiger charge is -2.40. The number of halogens is 3. The number of hydrogen-bond acceptors (Lipinski definition) is 5. The molecule has 2 amide bonds. The number of thioether (sulfide) groups is 1. The normalized spacial score (nSPS) is 16.2. The molecule has 2 aromatic heterocycles. The van der Waals surface area contributed by atoms with E-state index in [-0.39, 0.29) is 10.8 Å². The number of nitrogens with one attached hydrogen (secondary N) is 1. The summed E-state index contributed by atoms with van der Waals surface area (Å²) in [6, 6.07) is 3.82. The summed E-state index contributed by atoms with van der Waals surface area (Å²) in [6.07, 6.45) is -0.161. The van der Waals surface area contributed by atoms with Crippen molar-refractivity contribution in [3.63, 3.8) is 0 Å². The molecule has 1 aliphatic rings. The van der Waals surface area contributed by atoms with E-state index >= 15 is 0 Å². The molecule has 0 atom stereocenters. The third-order valence-electron chi connectivity index (χ3n) is 4.85. The summed E-state index contributed by atoms with van der Waals surface area (Å²) in [5, 5.41) is 6.34. The van der Waals surface area contributed by atoms with Crippen molar-refractivity contribution in [3.8, 4) is 0 Å². The molecule has 1 aliphatic heterocycles. The number of alkyl halides is 3. The lowest BCUT2D eigenvalue weighted by molar-refractivity contribution is -0.141. The van der Waals surface area contributed by atoms with Gasteiger partial charge in [-0.1, -0.05) is 19.0 Å². The molecule has 0 aliphatic carbocycles. The van der Waals surface area contributed by atoms with Crippen molar-refractivity contribution in [2.24, 2.45) is 5.92 Å². The largest absolute Gasteiger partial charge is 0.433 e. The number of pyridine rings is 1. The number of amides is 2. The maximum Gasteiger partial charge on any atom is 0.433 e. The number of aromatic nitrogens is 2. The molecule has 152 valence electrons. The third-order valence-corrected chi connectivity index (χ3v) is 6.18. The van der Waals surface area contributed by atoms with Gasteiger partial charge in [0.1, 0.15) is 12.0 Å². The van der Waals surface area contributed by atoms with Gasteiger partial charge < -0.3 is 9.42 Å². The van der Waals surface area contributed by atoms with E-state index < -0.39 is 11.9 Å². The SMILES string of the molecule is CC(C)(Sc1ccc(C(F)(F)F)nc1)C1CCN(C(=O)Nc2ccon2)CC1. The van der Waals surface area contributed by atoms with E-state index in [9.17, 15) is 18.0 Å². The highest BCUT2D eigenvalue weighted by atomic mass is 32.2. The fourth-order valence-corrected chi connectivity index (χ4v) is 4.49. The van der Waals surface area contributed by atoms with Gasteiger partial charge >= 0.3 is 12.2 Å². The molecule has 0 radical (unpaired) electrons. The number of piperidine rings is 1. The summed E-state index contributed by atoms with van der Waals surface area (Å²) < 4.78 is 42.5. The Bertz CT molecular complexity index is 786. The first kappa shape index (κ1) is 20.5. The number of rotatable bonds is 4. The van der Waals surface area contributed by atoms with Crippen molar-refractivity contribution in [1.29, 1.82) is 0 Å². The lowest BCUT2D eigenvalue weighted by atomic mass is 9.86. The average molecular weight is 414 g/mol. The molecule has 2 aromatic rings. The predicted octanol–water partition coefficient (Wildman–Crippen LogP) is 4.90. The maximum absolute atomic E-state index is 12.7. The van der Waals surface area contributed by atoms with E-state index in [1.165, 1.54) is 30.3 Å². The van der Waals surface area contributed by atoms with Gasteiger partial charge in [-0.25, -0.2) is 4.79 Å². The van der Waals surface area contributed by atoms with Gasteiger partial charge in [0.25, 0.3) is 0 Å². The van der Waals surface area contributed by atoms with Crippen LogP contribution in [0, 0.1) is 5.92 Å². The van der Waals surface area contributed by atoms with E-state index in [0.717, 1.165) is 18.9 Å². The molecule has 1 N–H and O–H groups in total. The number of carbonyl (C=O) groups excluding carboxylic acids is 1. The summed E-state index contributed by atoms with van der Waals surface area (Å²) in [7, 11) is 0. The van der Waals surface area contributed by atoms with Gasteiger partial charge in [-0.15, -0.1) is 11.8 Å². The molecule has 1 fully saturated rings. The maximum atomic E-state index is 12.7. The summed E-state index contributed by atoms with van der Waals surface area (Å²) in [5.41, 5.74) is -0.888. The molecule has 3 rings (SSSR count). The van der Waals surface area contributed by atoms with Crippen molar-refractivity contribution in [2.75, 3.05) is 18.4 Å². The van der Waals surface area contributed by atoms with Crippen LogP contribution in [-0.2, 0) is 6.18 Å². The zero-order valence-corrected chi connectivity index (χ0v) is 16.3. The zero-order chi connectivity index (χ0) is 20.4. The van der Waals surface area contributed by atoms with Crippen LogP contribution in [0.3, 0.4) is 0 Å². The van der Waals surface area contributed by atoms with E-state index in [4.69, 9.17) is 4.52 Å². The quantitative estimate of drug-likeness (QED) is 0.721. The Kier molecular flexibility index (Phi) is 5.87. The summed E-state index contributed by atoms with van der Waals surface area (Å²) >= 11 is 1.51. The highest BCUT2D eigenvalue weighted by Crippen LogP contribution is 2.42. The fraction of sp³-hybridized carbons (Fsp3) is 0.500. The van der Waals surface area contributed by atoms with Crippen LogP contribution in [0.4, 0.5) is 23.8 Å². The minimum absolute atomic E-state index is 0.198. The highest BCUT2D eigenvalue weighted by molar-refractivity contribution is 8.00. The number of likely N-dealkylation sites (tertiary alicyclic amines) is 1. The summed E-state index contributed by atoms with van der Waals surface area (Å²) in [4.78, 5) is 18.2. The first-order valence-corrected chi connectivity index (χ1v) is 9.65. The Hall–Kier alpha value is -2.23. The van der Waals surface area contributed by atoms with Crippen LogP contribution < -0.4 is 5.32 Å². The van der Waals surface area contributed by atoms with Crippen LogP contribution >= 0.6 is 11.8 Å². The van der Waals surface area contributed by atoms with Crippen LogP contribution in [0.5, 0.6) is 0 Å². The molecule has 0 spiro atoms. The number of urea groups is 1. The van der Waals surface area contributed by atoms with Crippen LogP contribution in [-0.4, -0.2) is 38.9 Å². The monoisotopic (exact) mass is 414 g/mol. The molecule has 6 nitrogen and oxygen atoms in total. The Morgan fingerprint density at radius 2 is 1.96 bits per heavy atom. The smallest absolute Gasteiger partial charge is 0.363 e. The molecule has 28 heavy (non-hydrogen) atoms. The van der Waals surface area contributed by atoms with Crippen molar-refractivity contribution in [1.82, 2.24) is 15.0 Å². The predicted molar refractivity (Wildman–Crippen MR) is 99.0 cm³/mol. The minimum atomic E-state index is -4.43. The second-order valence-corrected chi connectivity index (χ2v) is 8.89. The van der Waals surface area contributed by atoms with Crippen LogP contribution in [0.1, 0.15) is 32.4 Å². The fourth-order valence-electron chi connectivity index (χ4n) is 3.24. The van der Waals surface area contributed by atoms with Crippen LogP contribution in [0.2, 0.25) is 0 Å². The molecule has 0 unspecified atom stereocenters. The molecule has 10 heteroatoms. The zero-order valence-electron chi connectivity index (χ0n) is 15.5. The van der Waals surface area contributed by atoms with Gasteiger partial charge in [-0.05, 0) is 30.9 Å². The van der Waals surface area contributed by atoms with Crippen molar-refractivity contribution < 1.29 is 22.5 Å². The van der Waals surface area contributed by atoms with Gasteiger partial charge in [0.15, 0.2) is 5.82 Å². The van der Waals surface area contributed by atoms with Crippen LogP contribution in [0.15, 0.2) is 40.1 Å². The topological polar surface area (TPSA) is 71.3 Å². The van der Waals surface area contributed by atoms with E-state index in [1.807, 2.05) is 0 Å². The average Bonchev–Trinajstić information content (AvgIpc) is 3.14. The van der Waals surface area contributed by atoms with Crippen molar-refractivity contribution in [2.45, 2.75) is 42.5 Å². The Morgan fingerprint density at radius 3 is 2.50 bits per heavy atom.